The number of likely N-dealkylation sites (tertiary alicyclic amines) is 1. The van der Waals surface area contributed by atoms with E-state index < -0.39 is 11.8 Å². The number of piperidine rings is 1. The van der Waals surface area contributed by atoms with Crippen molar-refractivity contribution in [1.82, 2.24) is 9.88 Å². The Balaban J connectivity index is 1.92. The number of hydrogen-bond donors (Lipinski definition) is 1. The topological polar surface area (TPSA) is 36.4 Å². The number of nitrogens with zero attached hydrogens (tertiary/aromatic N) is 2. The molecule has 1 aliphatic heterocycles. The molecule has 19 heavy (non-hydrogen) atoms. The van der Waals surface area contributed by atoms with Crippen LogP contribution in [-0.2, 0) is 6.54 Å². The first-order valence-corrected chi connectivity index (χ1v) is 6.30. The molecule has 2 heterocycles. The summed E-state index contributed by atoms with van der Waals surface area (Å²) in [5.41, 5.74) is -1.65. The van der Waals surface area contributed by atoms with Crippen LogP contribution < -0.4 is 0 Å². The molecule has 106 valence electrons. The fourth-order valence-corrected chi connectivity index (χ4v) is 2.23. The second kappa shape index (κ2) is 5.26. The van der Waals surface area contributed by atoms with Crippen LogP contribution in [0.2, 0.25) is 5.15 Å². The highest BCUT2D eigenvalue weighted by molar-refractivity contribution is 6.29. The van der Waals surface area contributed by atoms with Crippen molar-refractivity contribution in [2.45, 2.75) is 31.2 Å². The molecule has 0 saturated carbocycles. The number of aliphatic hydroxyl groups is 1. The maximum absolute atomic E-state index is 12.6. The van der Waals surface area contributed by atoms with Crippen molar-refractivity contribution in [2.75, 3.05) is 13.1 Å². The van der Waals surface area contributed by atoms with Crippen LogP contribution in [0.4, 0.5) is 13.2 Å². The van der Waals surface area contributed by atoms with Gasteiger partial charge in [0.05, 0.1) is 0 Å². The third kappa shape index (κ3) is 3.38. The van der Waals surface area contributed by atoms with Crippen LogP contribution in [0.5, 0.6) is 0 Å². The number of alkyl halides is 3. The van der Waals surface area contributed by atoms with E-state index in [0.29, 0.717) is 11.7 Å². The van der Waals surface area contributed by atoms with Crippen molar-refractivity contribution in [3.63, 3.8) is 0 Å². The molecule has 3 nitrogen and oxygen atoms in total. The maximum Gasteiger partial charge on any atom is 0.417 e. The molecule has 0 radical (unpaired) electrons. The first-order valence-electron chi connectivity index (χ1n) is 5.92. The summed E-state index contributed by atoms with van der Waals surface area (Å²) in [6.45, 7) is 0.926. The number of halogens is 4. The van der Waals surface area contributed by atoms with Gasteiger partial charge in [-0.2, -0.15) is 13.2 Å². The zero-order valence-corrected chi connectivity index (χ0v) is 10.9. The van der Waals surface area contributed by atoms with E-state index in [-0.39, 0.29) is 25.9 Å². The third-order valence-corrected chi connectivity index (χ3v) is 3.63. The molecule has 7 heteroatoms. The zero-order valence-electron chi connectivity index (χ0n) is 10.1. The molecular weight excluding hydrogens is 281 g/mol. The van der Waals surface area contributed by atoms with Crippen LogP contribution in [0, 0.1) is 0 Å². The van der Waals surface area contributed by atoms with E-state index in [4.69, 9.17) is 11.6 Å². The second-order valence-corrected chi connectivity index (χ2v) is 5.18. The van der Waals surface area contributed by atoms with Gasteiger partial charge in [0.25, 0.3) is 0 Å². The Labute approximate surface area is 114 Å². The largest absolute Gasteiger partial charge is 0.417 e. The van der Waals surface area contributed by atoms with Gasteiger partial charge in [-0.05, 0) is 24.5 Å². The van der Waals surface area contributed by atoms with E-state index in [1.807, 2.05) is 4.90 Å². The third-order valence-electron chi connectivity index (χ3n) is 3.41. The van der Waals surface area contributed by atoms with Crippen molar-refractivity contribution >= 4 is 11.6 Å². The number of aromatic nitrogens is 1. The average Bonchev–Trinajstić information content (AvgIpc) is 2.34. The lowest BCUT2D eigenvalue weighted by atomic mass is 9.90. The summed E-state index contributed by atoms with van der Waals surface area (Å²) in [7, 11) is 0. The lowest BCUT2D eigenvalue weighted by molar-refractivity contribution is -0.272. The SMILES string of the molecule is OC1(C(F)(F)F)CCN(Cc2ccc(Cl)nc2)CC1. The summed E-state index contributed by atoms with van der Waals surface area (Å²) < 4.78 is 37.9. The van der Waals surface area contributed by atoms with Gasteiger partial charge in [0.2, 0.25) is 0 Å². The summed E-state index contributed by atoms with van der Waals surface area (Å²) in [5, 5.41) is 9.93. The Kier molecular flexibility index (Phi) is 4.03. The monoisotopic (exact) mass is 294 g/mol. The van der Waals surface area contributed by atoms with Gasteiger partial charge in [0.15, 0.2) is 5.60 Å². The molecule has 0 aromatic carbocycles. The lowest BCUT2D eigenvalue weighted by Crippen LogP contribution is -2.53. The van der Waals surface area contributed by atoms with Crippen molar-refractivity contribution in [3.05, 3.63) is 29.0 Å². The van der Waals surface area contributed by atoms with Gasteiger partial charge in [0, 0.05) is 25.8 Å². The number of rotatable bonds is 2. The van der Waals surface area contributed by atoms with Gasteiger partial charge < -0.3 is 5.11 Å². The van der Waals surface area contributed by atoms with Crippen LogP contribution in [0.1, 0.15) is 18.4 Å². The number of hydrogen-bond acceptors (Lipinski definition) is 3. The molecule has 0 aliphatic carbocycles. The summed E-state index contributed by atoms with van der Waals surface area (Å²) in [6.07, 6.45) is -3.54. The minimum Gasteiger partial charge on any atom is -0.380 e. The number of pyridine rings is 1. The maximum atomic E-state index is 12.6. The van der Waals surface area contributed by atoms with Crippen LogP contribution >= 0.6 is 11.6 Å². The van der Waals surface area contributed by atoms with Crippen molar-refractivity contribution in [3.8, 4) is 0 Å². The van der Waals surface area contributed by atoms with Crippen LogP contribution in [0.25, 0.3) is 0 Å². The molecule has 0 spiro atoms. The quantitative estimate of drug-likeness (QED) is 0.852. The second-order valence-electron chi connectivity index (χ2n) is 4.79. The van der Waals surface area contributed by atoms with Gasteiger partial charge in [0.1, 0.15) is 5.15 Å². The molecule has 1 saturated heterocycles. The van der Waals surface area contributed by atoms with Crippen molar-refractivity contribution < 1.29 is 18.3 Å². The Morgan fingerprint density at radius 3 is 2.42 bits per heavy atom. The zero-order chi connectivity index (χ0) is 14.1. The molecule has 2 rings (SSSR count). The molecule has 1 aliphatic rings. The molecule has 1 aromatic rings. The first kappa shape index (κ1) is 14.6. The first-order chi connectivity index (χ1) is 8.80. The smallest absolute Gasteiger partial charge is 0.380 e. The van der Waals surface area contributed by atoms with E-state index >= 15 is 0 Å². The van der Waals surface area contributed by atoms with E-state index in [2.05, 4.69) is 4.98 Å². The standard InChI is InChI=1S/C12H14ClF3N2O/c13-10-2-1-9(7-17-10)8-18-5-3-11(19,4-6-18)12(14,15)16/h1-2,7,19H,3-6,8H2. The van der Waals surface area contributed by atoms with E-state index in [9.17, 15) is 18.3 Å². The van der Waals surface area contributed by atoms with Gasteiger partial charge in [-0.1, -0.05) is 17.7 Å². The molecule has 1 N–H and O–H groups in total. The molecule has 1 aromatic heterocycles. The fourth-order valence-electron chi connectivity index (χ4n) is 2.12. The molecule has 0 bridgehead atoms. The van der Waals surface area contributed by atoms with E-state index in [0.717, 1.165) is 5.56 Å². The fraction of sp³-hybridized carbons (Fsp3) is 0.583. The molecule has 0 amide bonds. The van der Waals surface area contributed by atoms with Gasteiger partial charge in [-0.3, -0.25) is 4.90 Å². The molecular formula is C12H14ClF3N2O. The summed E-state index contributed by atoms with van der Waals surface area (Å²) in [5.74, 6) is 0. The Morgan fingerprint density at radius 1 is 1.32 bits per heavy atom. The van der Waals surface area contributed by atoms with Crippen LogP contribution in [0.3, 0.4) is 0 Å². The lowest BCUT2D eigenvalue weighted by Gasteiger charge is -2.39. The summed E-state index contributed by atoms with van der Waals surface area (Å²) >= 11 is 5.66. The van der Waals surface area contributed by atoms with Gasteiger partial charge in [-0.25, -0.2) is 4.98 Å². The van der Waals surface area contributed by atoms with Crippen molar-refractivity contribution in [1.29, 1.82) is 0 Å². The molecule has 0 unspecified atom stereocenters. The predicted molar refractivity (Wildman–Crippen MR) is 64.8 cm³/mol. The highest BCUT2D eigenvalue weighted by Crippen LogP contribution is 2.38. The highest BCUT2D eigenvalue weighted by Gasteiger charge is 2.54. The molecule has 1 fully saturated rings. The minimum atomic E-state index is -4.55. The van der Waals surface area contributed by atoms with Gasteiger partial charge in [-0.15, -0.1) is 0 Å². The minimum absolute atomic E-state index is 0.207. The van der Waals surface area contributed by atoms with Crippen LogP contribution in [-0.4, -0.2) is 39.9 Å². The van der Waals surface area contributed by atoms with E-state index in [1.54, 1.807) is 18.3 Å². The van der Waals surface area contributed by atoms with Crippen molar-refractivity contribution in [2.24, 2.45) is 0 Å². The van der Waals surface area contributed by atoms with E-state index in [1.165, 1.54) is 0 Å². The summed E-state index contributed by atoms with van der Waals surface area (Å²) in [6, 6.07) is 3.44. The Morgan fingerprint density at radius 2 is 1.95 bits per heavy atom. The van der Waals surface area contributed by atoms with Crippen LogP contribution in [0.15, 0.2) is 18.3 Å². The summed E-state index contributed by atoms with van der Waals surface area (Å²) in [4.78, 5) is 5.79. The predicted octanol–water partition coefficient (Wildman–Crippen LogP) is 2.62. The normalized spacial score (nSPS) is 20.5. The van der Waals surface area contributed by atoms with Gasteiger partial charge >= 0.3 is 6.18 Å². The molecule has 0 atom stereocenters. The average molecular weight is 295 g/mol. The Hall–Kier alpha value is -0.850. The highest BCUT2D eigenvalue weighted by atomic mass is 35.5. The Bertz CT molecular complexity index is 428.